The zero-order chi connectivity index (χ0) is 18.7. The van der Waals surface area contributed by atoms with Crippen LogP contribution in [-0.2, 0) is 4.79 Å². The van der Waals surface area contributed by atoms with E-state index in [0.29, 0.717) is 12.6 Å². The van der Waals surface area contributed by atoms with Gasteiger partial charge in [-0.15, -0.1) is 0 Å². The molecule has 1 fully saturated rings. The van der Waals surface area contributed by atoms with E-state index in [1.807, 2.05) is 0 Å². The van der Waals surface area contributed by atoms with E-state index in [2.05, 4.69) is 5.32 Å². The molecule has 2 aromatic carbocycles. The van der Waals surface area contributed by atoms with Crippen LogP contribution in [0.5, 0.6) is 0 Å². The van der Waals surface area contributed by atoms with Crippen LogP contribution < -0.4 is 5.32 Å². The number of benzene rings is 2. The summed E-state index contributed by atoms with van der Waals surface area (Å²) in [5.41, 5.74) is 0.504. The van der Waals surface area contributed by atoms with Crippen LogP contribution >= 0.6 is 0 Å². The lowest BCUT2D eigenvalue weighted by Crippen LogP contribution is -2.40. The third-order valence-electron chi connectivity index (χ3n) is 4.40. The molecule has 0 bridgehead atoms. The van der Waals surface area contributed by atoms with Gasteiger partial charge in [-0.3, -0.25) is 9.59 Å². The number of carbonyl (C=O) groups is 2. The Bertz CT molecular complexity index is 824. The van der Waals surface area contributed by atoms with Gasteiger partial charge < -0.3 is 10.2 Å². The Morgan fingerprint density at radius 1 is 1.04 bits per heavy atom. The van der Waals surface area contributed by atoms with Crippen LogP contribution in [0.4, 0.5) is 13.2 Å². The molecular formula is C19H17F3N2O2. The molecule has 1 atom stereocenters. The molecule has 1 aliphatic rings. The van der Waals surface area contributed by atoms with Crippen LogP contribution in [0.1, 0.15) is 34.8 Å². The van der Waals surface area contributed by atoms with Crippen molar-refractivity contribution in [3.8, 4) is 0 Å². The summed E-state index contributed by atoms with van der Waals surface area (Å²) in [6, 6.07) is 8.40. The first-order valence-corrected chi connectivity index (χ1v) is 8.24. The van der Waals surface area contributed by atoms with Crippen molar-refractivity contribution in [3.05, 3.63) is 71.0 Å². The smallest absolute Gasteiger partial charge is 0.254 e. The van der Waals surface area contributed by atoms with E-state index < -0.39 is 17.5 Å². The lowest BCUT2D eigenvalue weighted by molar-refractivity contribution is -0.131. The highest BCUT2D eigenvalue weighted by Crippen LogP contribution is 2.31. The van der Waals surface area contributed by atoms with Gasteiger partial charge >= 0.3 is 0 Å². The highest BCUT2D eigenvalue weighted by Gasteiger charge is 2.30. The number of amides is 2. The predicted octanol–water partition coefficient (Wildman–Crippen LogP) is 3.20. The number of nitrogens with zero attached hydrogens (tertiary/aromatic N) is 1. The van der Waals surface area contributed by atoms with E-state index in [9.17, 15) is 22.8 Å². The number of likely N-dealkylation sites (tertiary alicyclic amines) is 1. The minimum absolute atomic E-state index is 0.178. The maximum Gasteiger partial charge on any atom is 0.254 e. The Morgan fingerprint density at radius 3 is 2.42 bits per heavy atom. The van der Waals surface area contributed by atoms with Gasteiger partial charge in [-0.1, -0.05) is 12.1 Å². The van der Waals surface area contributed by atoms with Gasteiger partial charge in [0.1, 0.15) is 17.5 Å². The number of carbonyl (C=O) groups excluding carboxylic acids is 2. The average Bonchev–Trinajstić information content (AvgIpc) is 3.10. The number of hydrogen-bond donors (Lipinski definition) is 1. The molecule has 1 unspecified atom stereocenters. The van der Waals surface area contributed by atoms with Crippen molar-refractivity contribution in [1.82, 2.24) is 10.2 Å². The van der Waals surface area contributed by atoms with Crippen LogP contribution in [0.2, 0.25) is 0 Å². The number of halogens is 3. The number of nitrogens with one attached hydrogen (secondary N) is 1. The summed E-state index contributed by atoms with van der Waals surface area (Å²) in [7, 11) is 0. The van der Waals surface area contributed by atoms with Gasteiger partial charge in [0.15, 0.2) is 0 Å². The van der Waals surface area contributed by atoms with E-state index in [0.717, 1.165) is 30.5 Å². The van der Waals surface area contributed by atoms with Crippen LogP contribution in [0.3, 0.4) is 0 Å². The standard InChI is InChI=1S/C19H17F3N2O2/c20-13-5-3-12(4-6-13)17-2-1-9-24(17)18(25)11-23-19(26)15-8-7-14(21)10-16(15)22/h3-8,10,17H,1-2,9,11H2,(H,23,26). The zero-order valence-corrected chi connectivity index (χ0v) is 13.8. The quantitative estimate of drug-likeness (QED) is 0.908. The van der Waals surface area contributed by atoms with Crippen LogP contribution in [-0.4, -0.2) is 29.8 Å². The molecule has 4 nitrogen and oxygen atoms in total. The first-order chi connectivity index (χ1) is 12.5. The summed E-state index contributed by atoms with van der Waals surface area (Å²) >= 11 is 0. The fourth-order valence-electron chi connectivity index (χ4n) is 3.12. The third kappa shape index (κ3) is 3.87. The van der Waals surface area contributed by atoms with E-state index in [-0.39, 0.29) is 29.9 Å². The zero-order valence-electron chi connectivity index (χ0n) is 13.8. The van der Waals surface area contributed by atoms with Gasteiger partial charge in [-0.2, -0.15) is 0 Å². The first kappa shape index (κ1) is 18.0. The lowest BCUT2D eigenvalue weighted by Gasteiger charge is -2.25. The SMILES string of the molecule is O=C(NCC(=O)N1CCCC1c1ccc(F)cc1)c1ccc(F)cc1F. The van der Waals surface area contributed by atoms with Crippen molar-refractivity contribution >= 4 is 11.8 Å². The Morgan fingerprint density at radius 2 is 1.73 bits per heavy atom. The molecule has 0 radical (unpaired) electrons. The molecule has 0 spiro atoms. The summed E-state index contributed by atoms with van der Waals surface area (Å²) < 4.78 is 39.6. The van der Waals surface area contributed by atoms with E-state index in [1.165, 1.54) is 12.1 Å². The number of hydrogen-bond acceptors (Lipinski definition) is 2. The lowest BCUT2D eigenvalue weighted by atomic mass is 10.0. The van der Waals surface area contributed by atoms with Crippen molar-refractivity contribution in [3.63, 3.8) is 0 Å². The first-order valence-electron chi connectivity index (χ1n) is 8.24. The van der Waals surface area contributed by atoms with Crippen molar-refractivity contribution in [2.45, 2.75) is 18.9 Å². The maximum absolute atomic E-state index is 13.6. The maximum atomic E-state index is 13.6. The topological polar surface area (TPSA) is 49.4 Å². The highest BCUT2D eigenvalue weighted by molar-refractivity contribution is 5.96. The Balaban J connectivity index is 1.63. The van der Waals surface area contributed by atoms with Gasteiger partial charge in [0.25, 0.3) is 5.91 Å². The molecule has 0 saturated carbocycles. The largest absolute Gasteiger partial charge is 0.343 e. The molecule has 0 aromatic heterocycles. The van der Waals surface area contributed by atoms with Gasteiger partial charge in [-0.25, -0.2) is 13.2 Å². The fraction of sp³-hybridized carbons (Fsp3) is 0.263. The Labute approximate surface area is 148 Å². The molecule has 136 valence electrons. The van der Waals surface area contributed by atoms with Gasteiger partial charge in [0.05, 0.1) is 18.2 Å². The minimum Gasteiger partial charge on any atom is -0.343 e. The fourth-order valence-corrected chi connectivity index (χ4v) is 3.12. The molecule has 26 heavy (non-hydrogen) atoms. The Hall–Kier alpha value is -2.83. The van der Waals surface area contributed by atoms with Crippen LogP contribution in [0.15, 0.2) is 42.5 Å². The molecule has 0 aliphatic carbocycles. The average molecular weight is 362 g/mol. The monoisotopic (exact) mass is 362 g/mol. The second-order valence-electron chi connectivity index (χ2n) is 6.10. The van der Waals surface area contributed by atoms with E-state index >= 15 is 0 Å². The molecule has 1 saturated heterocycles. The van der Waals surface area contributed by atoms with Crippen molar-refractivity contribution in [1.29, 1.82) is 0 Å². The summed E-state index contributed by atoms with van der Waals surface area (Å²) in [6.07, 6.45) is 1.55. The number of rotatable bonds is 4. The van der Waals surface area contributed by atoms with Crippen LogP contribution in [0, 0.1) is 17.5 Å². The highest BCUT2D eigenvalue weighted by atomic mass is 19.1. The normalized spacial score (nSPS) is 16.6. The van der Waals surface area contributed by atoms with E-state index in [4.69, 9.17) is 0 Å². The van der Waals surface area contributed by atoms with Gasteiger partial charge in [-0.05, 0) is 42.7 Å². The predicted molar refractivity (Wildman–Crippen MR) is 88.8 cm³/mol. The van der Waals surface area contributed by atoms with Crippen LogP contribution in [0.25, 0.3) is 0 Å². The molecular weight excluding hydrogens is 345 g/mol. The molecule has 3 rings (SSSR count). The minimum atomic E-state index is -0.986. The van der Waals surface area contributed by atoms with Crippen molar-refractivity contribution < 1.29 is 22.8 Å². The third-order valence-corrected chi connectivity index (χ3v) is 4.40. The molecule has 2 amide bonds. The van der Waals surface area contributed by atoms with Crippen molar-refractivity contribution in [2.24, 2.45) is 0 Å². The summed E-state index contributed by atoms with van der Waals surface area (Å²) in [4.78, 5) is 26.1. The molecule has 7 heteroatoms. The Kier molecular flexibility index (Phi) is 5.25. The summed E-state index contributed by atoms with van der Waals surface area (Å²) in [5, 5.41) is 2.36. The van der Waals surface area contributed by atoms with Gasteiger partial charge in [0, 0.05) is 12.6 Å². The second-order valence-corrected chi connectivity index (χ2v) is 6.10. The molecule has 1 aliphatic heterocycles. The van der Waals surface area contributed by atoms with Gasteiger partial charge in [0.2, 0.25) is 5.91 Å². The van der Waals surface area contributed by atoms with E-state index in [1.54, 1.807) is 17.0 Å². The molecule has 2 aromatic rings. The van der Waals surface area contributed by atoms with Crippen molar-refractivity contribution in [2.75, 3.05) is 13.1 Å². The molecule has 1 heterocycles. The second kappa shape index (κ2) is 7.59. The summed E-state index contributed by atoms with van der Waals surface area (Å²) in [6.45, 7) is 0.231. The molecule has 1 N–H and O–H groups in total. The summed E-state index contributed by atoms with van der Waals surface area (Å²) in [5.74, 6) is -3.21.